The zero-order valence-corrected chi connectivity index (χ0v) is 20.7. The zero-order valence-electron chi connectivity index (χ0n) is 18.6. The molecular formula is C25H23IN2O6. The van der Waals surface area contributed by atoms with Crippen LogP contribution in [0.2, 0.25) is 0 Å². The van der Waals surface area contributed by atoms with Crippen molar-refractivity contribution in [3.05, 3.63) is 86.5 Å². The van der Waals surface area contributed by atoms with Gasteiger partial charge in [0.15, 0.2) is 11.5 Å². The number of carboxylic acids is 1. The Labute approximate surface area is 210 Å². The van der Waals surface area contributed by atoms with E-state index < -0.39 is 5.97 Å². The minimum atomic E-state index is -0.974. The first-order valence-electron chi connectivity index (χ1n) is 10.3. The maximum Gasteiger partial charge on any atom is 0.335 e. The number of hydrazone groups is 1. The zero-order chi connectivity index (χ0) is 24.5. The van der Waals surface area contributed by atoms with Crippen molar-refractivity contribution in [1.82, 2.24) is 5.43 Å². The minimum absolute atomic E-state index is 0.218. The number of hydrogen-bond acceptors (Lipinski definition) is 6. The molecule has 3 aromatic rings. The summed E-state index contributed by atoms with van der Waals surface area (Å²) in [6, 6.07) is 16.9. The summed E-state index contributed by atoms with van der Waals surface area (Å²) in [5.74, 6) is 0.355. The molecule has 0 radical (unpaired) electrons. The first kappa shape index (κ1) is 25.0. The van der Waals surface area contributed by atoms with E-state index in [0.717, 1.165) is 9.13 Å². The van der Waals surface area contributed by atoms with Crippen molar-refractivity contribution in [3.8, 4) is 17.2 Å². The van der Waals surface area contributed by atoms with E-state index in [0.29, 0.717) is 35.0 Å². The molecule has 0 atom stereocenters. The number of hydrogen-bond donors (Lipinski definition) is 2. The SMILES string of the molecule is CCOc1cc(/C=N/NC(=O)c2ccc(I)c(OC)c2)ccc1OCc1ccc(C(=O)O)cc1. The van der Waals surface area contributed by atoms with Crippen LogP contribution in [0.5, 0.6) is 17.2 Å². The number of ether oxygens (including phenoxy) is 3. The Kier molecular flexibility index (Phi) is 8.86. The summed E-state index contributed by atoms with van der Waals surface area (Å²) in [7, 11) is 1.55. The number of carboxylic acid groups (broad SMARTS) is 1. The van der Waals surface area contributed by atoms with Gasteiger partial charge in [0.2, 0.25) is 0 Å². The van der Waals surface area contributed by atoms with E-state index in [1.165, 1.54) is 18.3 Å². The Morgan fingerprint density at radius 3 is 2.38 bits per heavy atom. The standard InChI is InChI=1S/C25H23IN2O6/c1-3-33-23-12-17(14-27-28-24(29)19-9-10-20(26)22(13-19)32-2)6-11-21(23)34-15-16-4-7-18(8-5-16)25(30)31/h4-14H,3,15H2,1-2H3,(H,28,29)(H,30,31)/b27-14+. The van der Waals surface area contributed by atoms with Crippen molar-refractivity contribution in [2.24, 2.45) is 5.10 Å². The molecule has 0 unspecified atom stereocenters. The second kappa shape index (κ2) is 12.0. The van der Waals surface area contributed by atoms with E-state index in [1.54, 1.807) is 55.6 Å². The van der Waals surface area contributed by atoms with E-state index in [-0.39, 0.29) is 18.1 Å². The molecule has 0 saturated carbocycles. The van der Waals surface area contributed by atoms with E-state index in [9.17, 15) is 9.59 Å². The third kappa shape index (κ3) is 6.70. The Morgan fingerprint density at radius 2 is 1.71 bits per heavy atom. The van der Waals surface area contributed by atoms with Gasteiger partial charge in [-0.2, -0.15) is 5.10 Å². The van der Waals surface area contributed by atoms with Crippen LogP contribution in [0.4, 0.5) is 0 Å². The first-order valence-corrected chi connectivity index (χ1v) is 11.4. The molecule has 3 rings (SSSR count). The molecule has 1 amide bonds. The molecule has 0 aliphatic carbocycles. The molecule has 0 aliphatic rings. The number of amides is 1. The second-order valence-electron chi connectivity index (χ2n) is 6.98. The summed E-state index contributed by atoms with van der Waals surface area (Å²) in [5.41, 5.74) is 4.69. The highest BCUT2D eigenvalue weighted by Gasteiger charge is 2.10. The maximum absolute atomic E-state index is 12.4. The van der Waals surface area contributed by atoms with Crippen LogP contribution in [0, 0.1) is 3.57 Å². The third-order valence-corrected chi connectivity index (χ3v) is 5.55. The fourth-order valence-electron chi connectivity index (χ4n) is 2.93. The summed E-state index contributed by atoms with van der Waals surface area (Å²) in [4.78, 5) is 23.3. The monoisotopic (exact) mass is 574 g/mol. The molecule has 9 heteroatoms. The van der Waals surface area contributed by atoms with E-state index in [1.807, 2.05) is 6.92 Å². The summed E-state index contributed by atoms with van der Waals surface area (Å²) in [5, 5.41) is 13.0. The maximum atomic E-state index is 12.4. The van der Waals surface area contributed by atoms with E-state index in [2.05, 4.69) is 33.1 Å². The van der Waals surface area contributed by atoms with Crippen LogP contribution in [-0.2, 0) is 6.61 Å². The Balaban J connectivity index is 1.65. The van der Waals surface area contributed by atoms with Crippen molar-refractivity contribution in [2.75, 3.05) is 13.7 Å². The van der Waals surface area contributed by atoms with Gasteiger partial charge in [-0.05, 0) is 89.2 Å². The number of benzene rings is 3. The summed E-state index contributed by atoms with van der Waals surface area (Å²) < 4.78 is 17.7. The van der Waals surface area contributed by atoms with Gasteiger partial charge in [0.25, 0.3) is 5.91 Å². The molecule has 0 aromatic heterocycles. The Bertz CT molecular complexity index is 1190. The van der Waals surface area contributed by atoms with Crippen LogP contribution >= 0.6 is 22.6 Å². The number of nitrogens with one attached hydrogen (secondary N) is 1. The van der Waals surface area contributed by atoms with Gasteiger partial charge in [-0.15, -0.1) is 0 Å². The molecule has 2 N–H and O–H groups in total. The van der Waals surface area contributed by atoms with Crippen molar-refractivity contribution in [2.45, 2.75) is 13.5 Å². The third-order valence-electron chi connectivity index (χ3n) is 4.66. The van der Waals surface area contributed by atoms with Crippen molar-refractivity contribution >= 4 is 40.7 Å². The van der Waals surface area contributed by atoms with Crippen molar-refractivity contribution in [3.63, 3.8) is 0 Å². The predicted octanol–water partition coefficient (Wildman–Crippen LogP) is 4.74. The van der Waals surface area contributed by atoms with Gasteiger partial charge in [-0.3, -0.25) is 4.79 Å². The molecule has 0 bridgehead atoms. The van der Waals surface area contributed by atoms with Crippen LogP contribution in [0.15, 0.2) is 65.8 Å². The number of nitrogens with zero attached hydrogens (tertiary/aromatic N) is 1. The smallest absolute Gasteiger partial charge is 0.335 e. The average Bonchev–Trinajstić information content (AvgIpc) is 2.84. The summed E-state index contributed by atoms with van der Waals surface area (Å²) in [6.45, 7) is 2.56. The summed E-state index contributed by atoms with van der Waals surface area (Å²) >= 11 is 2.13. The highest BCUT2D eigenvalue weighted by atomic mass is 127. The van der Waals surface area contributed by atoms with Gasteiger partial charge in [-0.1, -0.05) is 12.1 Å². The highest BCUT2D eigenvalue weighted by Crippen LogP contribution is 2.29. The minimum Gasteiger partial charge on any atom is -0.496 e. The molecule has 176 valence electrons. The van der Waals surface area contributed by atoms with Gasteiger partial charge in [-0.25, -0.2) is 10.2 Å². The molecular weight excluding hydrogens is 551 g/mol. The molecule has 8 nitrogen and oxygen atoms in total. The largest absolute Gasteiger partial charge is 0.496 e. The number of rotatable bonds is 10. The lowest BCUT2D eigenvalue weighted by molar-refractivity contribution is 0.0696. The Hall–Kier alpha value is -3.60. The van der Waals surface area contributed by atoms with Crippen LogP contribution in [0.3, 0.4) is 0 Å². The molecule has 0 aliphatic heterocycles. The topological polar surface area (TPSA) is 106 Å². The molecule has 0 fully saturated rings. The molecule has 0 heterocycles. The van der Waals surface area contributed by atoms with Crippen LogP contribution in [-0.4, -0.2) is 36.9 Å². The number of carbonyl (C=O) groups is 2. The van der Waals surface area contributed by atoms with E-state index in [4.69, 9.17) is 19.3 Å². The van der Waals surface area contributed by atoms with Gasteiger partial charge in [0.05, 0.1) is 29.1 Å². The second-order valence-corrected chi connectivity index (χ2v) is 8.14. The number of carbonyl (C=O) groups excluding carboxylic acids is 1. The molecule has 3 aromatic carbocycles. The van der Waals surface area contributed by atoms with Crippen molar-refractivity contribution < 1.29 is 28.9 Å². The molecule has 0 spiro atoms. The molecule has 34 heavy (non-hydrogen) atoms. The lowest BCUT2D eigenvalue weighted by Crippen LogP contribution is -2.17. The fraction of sp³-hybridized carbons (Fsp3) is 0.160. The lowest BCUT2D eigenvalue weighted by Gasteiger charge is -2.13. The quantitative estimate of drug-likeness (QED) is 0.206. The summed E-state index contributed by atoms with van der Waals surface area (Å²) in [6.07, 6.45) is 1.51. The highest BCUT2D eigenvalue weighted by molar-refractivity contribution is 14.1. The first-order chi connectivity index (χ1) is 16.4. The van der Waals surface area contributed by atoms with Crippen LogP contribution in [0.1, 0.15) is 38.8 Å². The fourth-order valence-corrected chi connectivity index (χ4v) is 3.48. The molecule has 0 saturated heterocycles. The number of halogens is 1. The number of methoxy groups -OCH3 is 1. The van der Waals surface area contributed by atoms with Gasteiger partial charge in [0, 0.05) is 5.56 Å². The Morgan fingerprint density at radius 1 is 0.971 bits per heavy atom. The number of aromatic carboxylic acids is 1. The van der Waals surface area contributed by atoms with Crippen LogP contribution < -0.4 is 19.6 Å². The lowest BCUT2D eigenvalue weighted by atomic mass is 10.1. The predicted molar refractivity (Wildman–Crippen MR) is 136 cm³/mol. The van der Waals surface area contributed by atoms with Gasteiger partial charge >= 0.3 is 5.97 Å². The van der Waals surface area contributed by atoms with Crippen LogP contribution in [0.25, 0.3) is 0 Å². The van der Waals surface area contributed by atoms with Crippen molar-refractivity contribution in [1.29, 1.82) is 0 Å². The normalized spacial score (nSPS) is 10.7. The van der Waals surface area contributed by atoms with E-state index >= 15 is 0 Å². The van der Waals surface area contributed by atoms with Gasteiger partial charge in [0.1, 0.15) is 12.4 Å². The average molecular weight is 574 g/mol. The van der Waals surface area contributed by atoms with Gasteiger partial charge < -0.3 is 19.3 Å².